The summed E-state index contributed by atoms with van der Waals surface area (Å²) in [7, 11) is 1.42. The molecule has 1 N–H and O–H groups in total. The summed E-state index contributed by atoms with van der Waals surface area (Å²) in [5.74, 6) is -1.17. The second-order valence-electron chi connectivity index (χ2n) is 4.22. The van der Waals surface area contributed by atoms with E-state index in [1.165, 1.54) is 17.9 Å². The molecule has 2 aromatic rings. The number of aryl methyl sites for hydroxylation is 1. The minimum absolute atomic E-state index is 0.208. The molecule has 0 saturated carbocycles. The normalized spacial score (nSPS) is 10.6. The molecule has 5 nitrogen and oxygen atoms in total. The third-order valence-electron chi connectivity index (χ3n) is 2.96. The number of ether oxygens (including phenoxy) is 1. The number of nitrogens with zero attached hydrogens (tertiary/aromatic N) is 2. The molecule has 1 aromatic carbocycles. The highest BCUT2D eigenvalue weighted by Gasteiger charge is 2.22. The molecule has 2 rings (SSSR count). The summed E-state index contributed by atoms with van der Waals surface area (Å²) in [4.78, 5) is 11.0. The number of hydrogen-bond acceptors (Lipinski definition) is 3. The fourth-order valence-corrected chi connectivity index (χ4v) is 2.09. The standard InChI is InChI=1S/C14H15FN2O3/c1-3-11-9(8-13(18)19)14(20-2)17(16-11)12-7-5-4-6-10(12)15/h4-7H,3,8H2,1-2H3,(H,18,19). The fraction of sp³-hybridized carbons (Fsp3) is 0.286. The Hall–Kier alpha value is -2.37. The summed E-state index contributed by atoms with van der Waals surface area (Å²) in [6, 6.07) is 6.14. The van der Waals surface area contributed by atoms with Crippen LogP contribution in [0.2, 0.25) is 0 Å². The van der Waals surface area contributed by atoms with Gasteiger partial charge in [0.2, 0.25) is 5.88 Å². The van der Waals surface area contributed by atoms with Crippen molar-refractivity contribution < 1.29 is 19.0 Å². The molecule has 0 fully saturated rings. The van der Waals surface area contributed by atoms with Crippen LogP contribution in [0.1, 0.15) is 18.2 Å². The van der Waals surface area contributed by atoms with Gasteiger partial charge in [-0.05, 0) is 18.6 Å². The highest BCUT2D eigenvalue weighted by molar-refractivity contribution is 5.71. The zero-order chi connectivity index (χ0) is 14.7. The van der Waals surface area contributed by atoms with Crippen molar-refractivity contribution in [3.05, 3.63) is 41.3 Å². The molecule has 20 heavy (non-hydrogen) atoms. The average molecular weight is 278 g/mol. The first-order chi connectivity index (χ1) is 9.58. The van der Waals surface area contributed by atoms with Gasteiger partial charge in [-0.3, -0.25) is 4.79 Å². The molecule has 0 radical (unpaired) electrons. The van der Waals surface area contributed by atoms with Crippen LogP contribution in [0.25, 0.3) is 5.69 Å². The molecule has 0 saturated heterocycles. The van der Waals surface area contributed by atoms with Crippen LogP contribution in [0.3, 0.4) is 0 Å². The second-order valence-corrected chi connectivity index (χ2v) is 4.22. The number of aliphatic carboxylic acids is 1. The van der Waals surface area contributed by atoms with E-state index < -0.39 is 11.8 Å². The number of carboxylic acid groups (broad SMARTS) is 1. The predicted molar refractivity (Wildman–Crippen MR) is 70.8 cm³/mol. The first-order valence-electron chi connectivity index (χ1n) is 6.20. The molecule has 0 aliphatic heterocycles. The summed E-state index contributed by atoms with van der Waals surface area (Å²) in [5, 5.41) is 13.2. The molecule has 1 heterocycles. The number of halogens is 1. The third kappa shape index (κ3) is 2.49. The number of para-hydroxylation sites is 1. The molecule has 0 aliphatic carbocycles. The van der Waals surface area contributed by atoms with E-state index in [2.05, 4.69) is 5.10 Å². The van der Waals surface area contributed by atoms with Crippen LogP contribution < -0.4 is 4.74 Å². The van der Waals surface area contributed by atoms with Gasteiger partial charge in [0.25, 0.3) is 0 Å². The van der Waals surface area contributed by atoms with E-state index in [1.807, 2.05) is 6.92 Å². The van der Waals surface area contributed by atoms with Crippen LogP contribution in [0, 0.1) is 5.82 Å². The summed E-state index contributed by atoms with van der Waals surface area (Å²) in [6.07, 6.45) is 0.335. The van der Waals surface area contributed by atoms with Gasteiger partial charge in [-0.25, -0.2) is 4.39 Å². The second kappa shape index (κ2) is 5.73. The van der Waals surface area contributed by atoms with Crippen molar-refractivity contribution in [2.24, 2.45) is 0 Å². The van der Waals surface area contributed by atoms with E-state index in [-0.39, 0.29) is 18.0 Å². The van der Waals surface area contributed by atoms with E-state index in [0.29, 0.717) is 17.7 Å². The Balaban J connectivity index is 2.62. The van der Waals surface area contributed by atoms with Gasteiger partial charge in [0.15, 0.2) is 0 Å². The lowest BCUT2D eigenvalue weighted by Gasteiger charge is -2.08. The van der Waals surface area contributed by atoms with Crippen LogP contribution in [0.5, 0.6) is 5.88 Å². The molecule has 0 spiro atoms. The first-order valence-corrected chi connectivity index (χ1v) is 6.20. The topological polar surface area (TPSA) is 64.4 Å². The monoisotopic (exact) mass is 278 g/mol. The average Bonchev–Trinajstić information content (AvgIpc) is 2.76. The fourth-order valence-electron chi connectivity index (χ4n) is 2.09. The predicted octanol–water partition coefficient (Wildman–Crippen LogP) is 2.21. The zero-order valence-electron chi connectivity index (χ0n) is 11.3. The Morgan fingerprint density at radius 3 is 2.70 bits per heavy atom. The van der Waals surface area contributed by atoms with E-state index in [4.69, 9.17) is 9.84 Å². The molecule has 0 aliphatic rings. The Bertz CT molecular complexity index is 637. The van der Waals surface area contributed by atoms with Crippen molar-refractivity contribution in [2.45, 2.75) is 19.8 Å². The molecular weight excluding hydrogens is 263 g/mol. The van der Waals surface area contributed by atoms with Crippen molar-refractivity contribution in [2.75, 3.05) is 7.11 Å². The van der Waals surface area contributed by atoms with Crippen molar-refractivity contribution in [3.63, 3.8) is 0 Å². The Labute approximate surface area is 115 Å². The zero-order valence-corrected chi connectivity index (χ0v) is 11.3. The quantitative estimate of drug-likeness (QED) is 0.910. The summed E-state index contributed by atoms with van der Waals surface area (Å²) in [6.45, 7) is 1.86. The van der Waals surface area contributed by atoms with Crippen molar-refractivity contribution in [1.29, 1.82) is 0 Å². The largest absolute Gasteiger partial charge is 0.481 e. The summed E-state index contributed by atoms with van der Waals surface area (Å²) < 4.78 is 20.4. The molecule has 0 amide bonds. The summed E-state index contributed by atoms with van der Waals surface area (Å²) >= 11 is 0. The maximum absolute atomic E-state index is 13.9. The van der Waals surface area contributed by atoms with E-state index in [9.17, 15) is 9.18 Å². The maximum Gasteiger partial charge on any atom is 0.308 e. The number of aromatic nitrogens is 2. The molecular formula is C14H15FN2O3. The van der Waals surface area contributed by atoms with Crippen LogP contribution in [0.15, 0.2) is 24.3 Å². The molecule has 106 valence electrons. The number of methoxy groups -OCH3 is 1. The van der Waals surface area contributed by atoms with Gasteiger partial charge in [0.1, 0.15) is 11.5 Å². The van der Waals surface area contributed by atoms with Crippen LogP contribution in [-0.2, 0) is 17.6 Å². The van der Waals surface area contributed by atoms with Crippen LogP contribution >= 0.6 is 0 Å². The molecule has 6 heteroatoms. The Kier molecular flexibility index (Phi) is 4.02. The van der Waals surface area contributed by atoms with Gasteiger partial charge in [0.05, 0.1) is 19.2 Å². The number of benzene rings is 1. The minimum atomic E-state index is -0.980. The lowest BCUT2D eigenvalue weighted by atomic mass is 10.1. The highest BCUT2D eigenvalue weighted by Crippen LogP contribution is 2.28. The van der Waals surface area contributed by atoms with Crippen molar-refractivity contribution in [1.82, 2.24) is 9.78 Å². The number of carboxylic acids is 1. The van der Waals surface area contributed by atoms with Gasteiger partial charge in [0, 0.05) is 5.56 Å². The molecule has 1 aromatic heterocycles. The number of carbonyl (C=O) groups is 1. The van der Waals surface area contributed by atoms with Gasteiger partial charge in [-0.15, -0.1) is 0 Å². The molecule has 0 bridgehead atoms. The smallest absolute Gasteiger partial charge is 0.308 e. The van der Waals surface area contributed by atoms with Gasteiger partial charge >= 0.3 is 5.97 Å². The number of rotatable bonds is 5. The molecule has 0 atom stereocenters. The van der Waals surface area contributed by atoms with Crippen LogP contribution in [-0.4, -0.2) is 28.0 Å². The van der Waals surface area contributed by atoms with Crippen molar-refractivity contribution >= 4 is 5.97 Å². The maximum atomic E-state index is 13.9. The van der Waals surface area contributed by atoms with E-state index in [1.54, 1.807) is 18.2 Å². The lowest BCUT2D eigenvalue weighted by molar-refractivity contribution is -0.136. The lowest BCUT2D eigenvalue weighted by Crippen LogP contribution is -2.05. The van der Waals surface area contributed by atoms with E-state index >= 15 is 0 Å². The first kappa shape index (κ1) is 14.0. The SMILES string of the molecule is CCc1nn(-c2ccccc2F)c(OC)c1CC(=O)O. The Morgan fingerprint density at radius 1 is 1.45 bits per heavy atom. The van der Waals surface area contributed by atoms with Gasteiger partial charge < -0.3 is 9.84 Å². The van der Waals surface area contributed by atoms with Crippen molar-refractivity contribution in [3.8, 4) is 11.6 Å². The highest BCUT2D eigenvalue weighted by atomic mass is 19.1. The Morgan fingerprint density at radius 2 is 2.15 bits per heavy atom. The third-order valence-corrected chi connectivity index (χ3v) is 2.96. The van der Waals surface area contributed by atoms with Gasteiger partial charge in [-0.2, -0.15) is 9.78 Å². The van der Waals surface area contributed by atoms with E-state index in [0.717, 1.165) is 0 Å². The van der Waals surface area contributed by atoms with Crippen LogP contribution in [0.4, 0.5) is 4.39 Å². The summed E-state index contributed by atoms with van der Waals surface area (Å²) in [5.41, 5.74) is 1.30. The minimum Gasteiger partial charge on any atom is -0.481 e. The van der Waals surface area contributed by atoms with Gasteiger partial charge in [-0.1, -0.05) is 19.1 Å². The number of hydrogen-bond donors (Lipinski definition) is 1. The molecule has 0 unspecified atom stereocenters.